The Morgan fingerprint density at radius 3 is 2.67 bits per heavy atom. The van der Waals surface area contributed by atoms with Gasteiger partial charge in [-0.3, -0.25) is 24.0 Å². The van der Waals surface area contributed by atoms with Crippen molar-refractivity contribution >= 4 is 34.3 Å². The third kappa shape index (κ3) is 4.48. The summed E-state index contributed by atoms with van der Waals surface area (Å²) in [5.74, 6) is -1.77. The molecule has 36 heavy (non-hydrogen) atoms. The molecule has 0 aliphatic carbocycles. The van der Waals surface area contributed by atoms with Gasteiger partial charge in [-0.05, 0) is 35.9 Å². The fourth-order valence-electron chi connectivity index (χ4n) is 4.31. The molecule has 11 nitrogen and oxygen atoms in total. The Kier molecular flexibility index (Phi) is 6.07. The van der Waals surface area contributed by atoms with Crippen molar-refractivity contribution in [3.63, 3.8) is 0 Å². The fourth-order valence-corrected chi connectivity index (χ4v) is 4.31. The Labute approximate surface area is 204 Å². The first-order valence-corrected chi connectivity index (χ1v) is 11.1. The highest BCUT2D eigenvalue weighted by Gasteiger charge is 2.40. The van der Waals surface area contributed by atoms with Crippen LogP contribution in [0.15, 0.2) is 61.2 Å². The first-order chi connectivity index (χ1) is 17.4. The number of carbonyl (C=O) groups excluding carboxylic acids is 3. The Morgan fingerprint density at radius 1 is 1.08 bits per heavy atom. The molecule has 2 atom stereocenters. The van der Waals surface area contributed by atoms with Gasteiger partial charge in [0.1, 0.15) is 18.8 Å². The van der Waals surface area contributed by atoms with E-state index in [9.17, 15) is 18.8 Å². The van der Waals surface area contributed by atoms with Crippen LogP contribution in [-0.2, 0) is 16.1 Å². The van der Waals surface area contributed by atoms with E-state index in [0.29, 0.717) is 16.6 Å². The quantitative estimate of drug-likeness (QED) is 0.418. The summed E-state index contributed by atoms with van der Waals surface area (Å²) in [5, 5.41) is 15.0. The Balaban J connectivity index is 1.41. The number of aromatic nitrogens is 5. The van der Waals surface area contributed by atoms with Crippen LogP contribution in [-0.4, -0.2) is 66.3 Å². The lowest BCUT2D eigenvalue weighted by molar-refractivity contribution is -0.137. The van der Waals surface area contributed by atoms with Gasteiger partial charge in [-0.15, -0.1) is 0 Å². The normalized spacial score (nSPS) is 17.3. The summed E-state index contributed by atoms with van der Waals surface area (Å²) < 4.78 is 15.7. The number of nitrogens with one attached hydrogen (secondary N) is 1. The van der Waals surface area contributed by atoms with Crippen LogP contribution >= 0.6 is 0 Å². The van der Waals surface area contributed by atoms with E-state index >= 15 is 0 Å². The van der Waals surface area contributed by atoms with Gasteiger partial charge in [-0.2, -0.15) is 15.3 Å². The number of rotatable bonds is 6. The van der Waals surface area contributed by atoms with Crippen molar-refractivity contribution in [2.24, 2.45) is 5.73 Å². The zero-order valence-corrected chi connectivity index (χ0v) is 18.9. The Morgan fingerprint density at radius 2 is 1.94 bits per heavy atom. The van der Waals surface area contributed by atoms with E-state index in [1.165, 1.54) is 15.8 Å². The van der Waals surface area contributed by atoms with Crippen LogP contribution in [0.5, 0.6) is 0 Å². The minimum atomic E-state index is -1.34. The van der Waals surface area contributed by atoms with Gasteiger partial charge in [-0.25, -0.2) is 4.39 Å². The average Bonchev–Trinajstić information content (AvgIpc) is 3.46. The highest BCUT2D eigenvalue weighted by molar-refractivity contribution is 6.05. The monoisotopic (exact) mass is 488 g/mol. The van der Waals surface area contributed by atoms with Crippen molar-refractivity contribution in [2.75, 3.05) is 11.9 Å². The highest BCUT2D eigenvalue weighted by Crippen LogP contribution is 2.27. The highest BCUT2D eigenvalue weighted by atomic mass is 19.1. The summed E-state index contributed by atoms with van der Waals surface area (Å²) >= 11 is 0. The summed E-state index contributed by atoms with van der Waals surface area (Å²) in [7, 11) is 0. The molecule has 3 N–H and O–H groups in total. The van der Waals surface area contributed by atoms with Gasteiger partial charge in [0.05, 0.1) is 36.3 Å². The number of primary amides is 1. The summed E-state index contributed by atoms with van der Waals surface area (Å²) in [6, 6.07) is 9.33. The second-order valence-corrected chi connectivity index (χ2v) is 8.36. The van der Waals surface area contributed by atoms with Gasteiger partial charge < -0.3 is 16.0 Å². The van der Waals surface area contributed by atoms with E-state index in [1.807, 2.05) is 0 Å². The van der Waals surface area contributed by atoms with E-state index in [1.54, 1.807) is 55.0 Å². The molecule has 1 aromatic carbocycles. The SMILES string of the molecule is NC(=O)c1nn(CC(=O)N2C[C@H](F)C[C@H]2C(=O)Nc2cccnc2)c2ccc(-c3ccnnc3)cc12. The molecule has 0 spiro atoms. The number of hydrogen-bond acceptors (Lipinski definition) is 7. The van der Waals surface area contributed by atoms with Crippen molar-refractivity contribution in [1.29, 1.82) is 0 Å². The molecular formula is C24H21FN8O3. The Bertz CT molecular complexity index is 1440. The second kappa shape index (κ2) is 9.49. The predicted octanol–water partition coefficient (Wildman–Crippen LogP) is 1.56. The lowest BCUT2D eigenvalue weighted by atomic mass is 10.0. The molecule has 12 heteroatoms. The second-order valence-electron chi connectivity index (χ2n) is 8.36. The van der Waals surface area contributed by atoms with Crippen molar-refractivity contribution in [2.45, 2.75) is 25.2 Å². The first-order valence-electron chi connectivity index (χ1n) is 11.1. The number of nitrogens with two attached hydrogens (primary N) is 1. The maximum Gasteiger partial charge on any atom is 0.269 e. The summed E-state index contributed by atoms with van der Waals surface area (Å²) in [6.07, 6.45) is 4.69. The van der Waals surface area contributed by atoms with E-state index in [-0.39, 0.29) is 25.2 Å². The number of hydrogen-bond donors (Lipinski definition) is 2. The molecule has 0 saturated carbocycles. The minimum absolute atomic E-state index is 0.00248. The number of carbonyl (C=O) groups is 3. The molecule has 0 unspecified atom stereocenters. The number of fused-ring (bicyclic) bond motifs is 1. The molecule has 1 aliphatic heterocycles. The first kappa shape index (κ1) is 23.0. The molecule has 5 rings (SSSR count). The van der Waals surface area contributed by atoms with E-state index in [2.05, 4.69) is 25.6 Å². The summed E-state index contributed by atoms with van der Waals surface area (Å²) in [4.78, 5) is 43.3. The number of pyridine rings is 1. The van der Waals surface area contributed by atoms with Crippen LogP contribution in [0.25, 0.3) is 22.0 Å². The topological polar surface area (TPSA) is 149 Å². The van der Waals surface area contributed by atoms with Gasteiger partial charge in [0.2, 0.25) is 11.8 Å². The lowest BCUT2D eigenvalue weighted by Crippen LogP contribution is -2.44. The van der Waals surface area contributed by atoms with Crippen LogP contribution in [0.1, 0.15) is 16.9 Å². The van der Waals surface area contributed by atoms with Gasteiger partial charge in [0, 0.05) is 23.6 Å². The zero-order valence-electron chi connectivity index (χ0n) is 18.9. The number of nitrogens with zero attached hydrogens (tertiary/aromatic N) is 6. The van der Waals surface area contributed by atoms with Gasteiger partial charge in [-0.1, -0.05) is 6.07 Å². The van der Waals surface area contributed by atoms with Crippen molar-refractivity contribution in [3.8, 4) is 11.1 Å². The molecule has 3 amide bonds. The number of halogens is 1. The van der Waals surface area contributed by atoms with Crippen LogP contribution in [0.4, 0.5) is 10.1 Å². The van der Waals surface area contributed by atoms with Crippen molar-refractivity contribution in [3.05, 3.63) is 66.9 Å². The molecule has 1 saturated heterocycles. The van der Waals surface area contributed by atoms with E-state index < -0.39 is 29.9 Å². The molecule has 182 valence electrons. The van der Waals surface area contributed by atoms with Crippen LogP contribution in [0.2, 0.25) is 0 Å². The maximum atomic E-state index is 14.3. The Hall–Kier alpha value is -4.74. The largest absolute Gasteiger partial charge is 0.364 e. The fraction of sp³-hybridized carbons (Fsp3) is 0.208. The number of likely N-dealkylation sites (tertiary alicyclic amines) is 1. The zero-order chi connectivity index (χ0) is 25.2. The molecule has 0 radical (unpaired) electrons. The summed E-state index contributed by atoms with van der Waals surface area (Å²) in [5.41, 5.74) is 8.03. The third-order valence-corrected chi connectivity index (χ3v) is 5.99. The molecule has 1 aliphatic rings. The summed E-state index contributed by atoms with van der Waals surface area (Å²) in [6.45, 7) is -0.519. The van der Waals surface area contributed by atoms with Crippen LogP contribution in [0, 0.1) is 0 Å². The van der Waals surface area contributed by atoms with Gasteiger partial charge >= 0.3 is 0 Å². The molecule has 1 fully saturated rings. The third-order valence-electron chi connectivity index (χ3n) is 5.99. The maximum absolute atomic E-state index is 14.3. The van der Waals surface area contributed by atoms with Crippen LogP contribution < -0.4 is 11.1 Å². The average molecular weight is 488 g/mol. The predicted molar refractivity (Wildman–Crippen MR) is 127 cm³/mol. The van der Waals surface area contributed by atoms with Crippen molar-refractivity contribution in [1.82, 2.24) is 29.9 Å². The standard InChI is InChI=1S/C24H21FN8O3/c25-16-9-20(24(36)30-17-2-1-6-27-11-17)32(12-16)21(34)13-33-19-4-3-14(15-5-7-28-29-10-15)8-18(19)22(31-33)23(26)35/h1-8,10-11,16,20H,9,12-13H2,(H2,26,35)(H,30,36)/t16-,20+/m1/s1. The van der Waals surface area contributed by atoms with Gasteiger partial charge in [0.25, 0.3) is 5.91 Å². The number of alkyl halides is 1. The molecular weight excluding hydrogens is 467 g/mol. The van der Waals surface area contributed by atoms with E-state index in [4.69, 9.17) is 5.73 Å². The number of anilines is 1. The number of benzene rings is 1. The van der Waals surface area contributed by atoms with Gasteiger partial charge in [0.15, 0.2) is 5.69 Å². The van der Waals surface area contributed by atoms with E-state index in [0.717, 1.165) is 11.1 Å². The van der Waals surface area contributed by atoms with Crippen molar-refractivity contribution < 1.29 is 18.8 Å². The molecule has 4 heterocycles. The molecule has 3 aromatic heterocycles. The smallest absolute Gasteiger partial charge is 0.269 e. The minimum Gasteiger partial charge on any atom is -0.364 e. The molecule has 4 aromatic rings. The van der Waals surface area contributed by atoms with Crippen LogP contribution in [0.3, 0.4) is 0 Å². The molecule has 0 bridgehead atoms. The lowest BCUT2D eigenvalue weighted by Gasteiger charge is -2.23. The number of amides is 3.